The summed E-state index contributed by atoms with van der Waals surface area (Å²) in [6.45, 7) is -0.447. The van der Waals surface area contributed by atoms with Crippen LogP contribution in [0, 0.1) is 5.82 Å². The van der Waals surface area contributed by atoms with Crippen LogP contribution in [0.25, 0.3) is 0 Å². The van der Waals surface area contributed by atoms with E-state index in [0.717, 1.165) is 0 Å². The van der Waals surface area contributed by atoms with Gasteiger partial charge in [0.25, 0.3) is 0 Å². The number of ether oxygens (including phenoxy) is 1. The lowest BCUT2D eigenvalue weighted by molar-refractivity contribution is -0.137. The molecular formula is C15H9ClF4O2. The molecule has 0 aliphatic heterocycles. The number of alkyl halides is 3. The standard InChI is InChI=1S/C15H9ClF4O2/c16-13-6-11(15(18,19)20)5-10(14(13)17)8-22-12-3-1-2-9(4-12)7-21/h1-7H,8H2. The summed E-state index contributed by atoms with van der Waals surface area (Å²) in [6.07, 6.45) is -4.04. The number of rotatable bonds is 4. The van der Waals surface area contributed by atoms with Crippen LogP contribution in [0.2, 0.25) is 5.02 Å². The van der Waals surface area contributed by atoms with Crippen molar-refractivity contribution in [1.82, 2.24) is 0 Å². The fraction of sp³-hybridized carbons (Fsp3) is 0.133. The van der Waals surface area contributed by atoms with Gasteiger partial charge in [0.2, 0.25) is 0 Å². The number of carbonyl (C=O) groups is 1. The minimum Gasteiger partial charge on any atom is -0.489 e. The first-order chi connectivity index (χ1) is 10.3. The van der Waals surface area contributed by atoms with Crippen molar-refractivity contribution in [2.24, 2.45) is 0 Å². The average molecular weight is 333 g/mol. The highest BCUT2D eigenvalue weighted by Gasteiger charge is 2.32. The molecule has 2 rings (SSSR count). The number of hydrogen-bond acceptors (Lipinski definition) is 2. The van der Waals surface area contributed by atoms with Gasteiger partial charge in [-0.15, -0.1) is 0 Å². The third kappa shape index (κ3) is 3.76. The Labute approximate surface area is 128 Å². The van der Waals surface area contributed by atoms with Gasteiger partial charge in [0, 0.05) is 11.1 Å². The Hall–Kier alpha value is -2.08. The lowest BCUT2D eigenvalue weighted by Gasteiger charge is -2.12. The van der Waals surface area contributed by atoms with Gasteiger partial charge in [0.05, 0.1) is 10.6 Å². The zero-order valence-electron chi connectivity index (χ0n) is 11.0. The van der Waals surface area contributed by atoms with Crippen LogP contribution in [-0.4, -0.2) is 6.29 Å². The zero-order chi connectivity index (χ0) is 16.3. The second-order valence-electron chi connectivity index (χ2n) is 4.41. The molecule has 22 heavy (non-hydrogen) atoms. The third-order valence-corrected chi connectivity index (χ3v) is 3.09. The van der Waals surface area contributed by atoms with Gasteiger partial charge in [0.1, 0.15) is 24.5 Å². The molecule has 0 aromatic heterocycles. The minimum atomic E-state index is -4.64. The second-order valence-corrected chi connectivity index (χ2v) is 4.82. The van der Waals surface area contributed by atoms with Crippen LogP contribution in [0.3, 0.4) is 0 Å². The van der Waals surface area contributed by atoms with Crippen molar-refractivity contribution >= 4 is 17.9 Å². The van der Waals surface area contributed by atoms with Gasteiger partial charge in [-0.2, -0.15) is 13.2 Å². The Balaban J connectivity index is 2.25. The van der Waals surface area contributed by atoms with E-state index in [1.165, 1.54) is 24.3 Å². The number of carbonyl (C=O) groups excluding carboxylic acids is 1. The zero-order valence-corrected chi connectivity index (χ0v) is 11.7. The first kappa shape index (κ1) is 16.3. The molecular weight excluding hydrogens is 324 g/mol. The van der Waals surface area contributed by atoms with E-state index in [4.69, 9.17) is 16.3 Å². The van der Waals surface area contributed by atoms with E-state index < -0.39 is 29.2 Å². The lowest BCUT2D eigenvalue weighted by Crippen LogP contribution is -2.08. The Morgan fingerprint density at radius 3 is 2.55 bits per heavy atom. The molecule has 2 nitrogen and oxygen atoms in total. The van der Waals surface area contributed by atoms with E-state index in [9.17, 15) is 22.4 Å². The van der Waals surface area contributed by atoms with E-state index in [1.54, 1.807) is 0 Å². The lowest BCUT2D eigenvalue weighted by atomic mass is 10.1. The summed E-state index contributed by atoms with van der Waals surface area (Å²) in [4.78, 5) is 10.6. The average Bonchev–Trinajstić information content (AvgIpc) is 2.47. The highest BCUT2D eigenvalue weighted by molar-refractivity contribution is 6.30. The highest BCUT2D eigenvalue weighted by Crippen LogP contribution is 2.33. The summed E-state index contributed by atoms with van der Waals surface area (Å²) in [7, 11) is 0. The second kappa shape index (κ2) is 6.36. The molecule has 0 amide bonds. The van der Waals surface area contributed by atoms with Gasteiger partial charge in [0.15, 0.2) is 0 Å². The summed E-state index contributed by atoms with van der Waals surface area (Å²) in [5, 5.41) is -0.630. The summed E-state index contributed by atoms with van der Waals surface area (Å²) < 4.78 is 57.0. The molecule has 0 spiro atoms. The molecule has 0 saturated heterocycles. The number of benzene rings is 2. The van der Waals surface area contributed by atoms with Crippen LogP contribution >= 0.6 is 11.6 Å². The molecule has 0 bridgehead atoms. The van der Waals surface area contributed by atoms with Crippen LogP contribution in [-0.2, 0) is 12.8 Å². The van der Waals surface area contributed by atoms with Crippen molar-refractivity contribution < 1.29 is 27.1 Å². The number of hydrogen-bond donors (Lipinski definition) is 0. The predicted molar refractivity (Wildman–Crippen MR) is 72.6 cm³/mol. The number of aldehydes is 1. The SMILES string of the molecule is O=Cc1cccc(OCc2cc(C(F)(F)F)cc(Cl)c2F)c1. The molecule has 0 aliphatic rings. The largest absolute Gasteiger partial charge is 0.489 e. The van der Waals surface area contributed by atoms with Gasteiger partial charge in [-0.1, -0.05) is 23.7 Å². The van der Waals surface area contributed by atoms with Crippen molar-refractivity contribution in [2.45, 2.75) is 12.8 Å². The van der Waals surface area contributed by atoms with Crippen LogP contribution in [0.5, 0.6) is 5.75 Å². The van der Waals surface area contributed by atoms with E-state index >= 15 is 0 Å². The minimum absolute atomic E-state index is 0.234. The molecule has 0 radical (unpaired) electrons. The van der Waals surface area contributed by atoms with E-state index in [1.807, 2.05) is 0 Å². The molecule has 2 aromatic carbocycles. The first-order valence-corrected chi connectivity index (χ1v) is 6.42. The molecule has 0 atom stereocenters. The van der Waals surface area contributed by atoms with Crippen LogP contribution < -0.4 is 4.74 Å². The molecule has 0 heterocycles. The fourth-order valence-electron chi connectivity index (χ4n) is 1.75. The summed E-state index contributed by atoms with van der Waals surface area (Å²) in [5.41, 5.74) is -1.05. The van der Waals surface area contributed by atoms with Crippen molar-refractivity contribution in [3.05, 3.63) is 63.9 Å². The van der Waals surface area contributed by atoms with Crippen molar-refractivity contribution in [3.63, 3.8) is 0 Å². The Morgan fingerprint density at radius 1 is 1.18 bits per heavy atom. The fourth-order valence-corrected chi connectivity index (χ4v) is 1.99. The maximum Gasteiger partial charge on any atom is 0.416 e. The maximum absolute atomic E-state index is 13.8. The van der Waals surface area contributed by atoms with Crippen molar-refractivity contribution in [3.8, 4) is 5.75 Å². The summed E-state index contributed by atoms with van der Waals surface area (Å²) in [6, 6.07) is 7.12. The Morgan fingerprint density at radius 2 is 1.91 bits per heavy atom. The molecule has 0 fully saturated rings. The Bertz CT molecular complexity index is 698. The van der Waals surface area contributed by atoms with Gasteiger partial charge < -0.3 is 4.74 Å². The van der Waals surface area contributed by atoms with Crippen LogP contribution in [0.4, 0.5) is 17.6 Å². The summed E-state index contributed by atoms with van der Waals surface area (Å²) >= 11 is 5.48. The quantitative estimate of drug-likeness (QED) is 0.588. The molecule has 7 heteroatoms. The van der Waals surface area contributed by atoms with Crippen LogP contribution in [0.1, 0.15) is 21.5 Å². The molecule has 116 valence electrons. The maximum atomic E-state index is 13.8. The van der Waals surface area contributed by atoms with Crippen molar-refractivity contribution in [1.29, 1.82) is 0 Å². The molecule has 0 unspecified atom stereocenters. The first-order valence-electron chi connectivity index (χ1n) is 6.04. The molecule has 0 N–H and O–H groups in total. The van der Waals surface area contributed by atoms with Gasteiger partial charge >= 0.3 is 6.18 Å². The van der Waals surface area contributed by atoms with E-state index in [2.05, 4.69) is 0 Å². The topological polar surface area (TPSA) is 26.3 Å². The van der Waals surface area contributed by atoms with E-state index in [-0.39, 0.29) is 11.3 Å². The molecule has 2 aromatic rings. The summed E-state index contributed by atoms with van der Waals surface area (Å²) in [5.74, 6) is -0.737. The van der Waals surface area contributed by atoms with Gasteiger partial charge in [-0.25, -0.2) is 4.39 Å². The highest BCUT2D eigenvalue weighted by atomic mass is 35.5. The van der Waals surface area contributed by atoms with Gasteiger partial charge in [-0.05, 0) is 24.3 Å². The molecule has 0 saturated carbocycles. The smallest absolute Gasteiger partial charge is 0.416 e. The Kier molecular flexibility index (Phi) is 4.71. The third-order valence-electron chi connectivity index (χ3n) is 2.82. The van der Waals surface area contributed by atoms with Crippen LogP contribution in [0.15, 0.2) is 36.4 Å². The predicted octanol–water partition coefficient (Wildman–Crippen LogP) is 4.89. The van der Waals surface area contributed by atoms with Gasteiger partial charge in [-0.3, -0.25) is 4.79 Å². The monoisotopic (exact) mass is 332 g/mol. The number of halogens is 5. The molecule has 0 aliphatic carbocycles. The normalized spacial score (nSPS) is 11.3. The van der Waals surface area contributed by atoms with Crippen molar-refractivity contribution in [2.75, 3.05) is 0 Å². The van der Waals surface area contributed by atoms with E-state index in [0.29, 0.717) is 24.0 Å².